The fourth-order valence-corrected chi connectivity index (χ4v) is 5.02. The number of pyridine rings is 1. The quantitative estimate of drug-likeness (QED) is 0.696. The topological polar surface area (TPSA) is 126 Å². The Hall–Kier alpha value is -2.20. The van der Waals surface area contributed by atoms with E-state index >= 15 is 0 Å². The number of rotatable bonds is 6. The number of nitrogens with zero attached hydrogens (tertiary/aromatic N) is 3. The molecule has 1 aromatic rings. The molecular formula is C19H29N5O4S. The van der Waals surface area contributed by atoms with E-state index in [4.69, 9.17) is 5.73 Å². The molecule has 3 N–H and O–H groups in total. The Labute approximate surface area is 171 Å². The zero-order valence-corrected chi connectivity index (χ0v) is 17.5. The number of hydrogen-bond donors (Lipinski definition) is 2. The van der Waals surface area contributed by atoms with Gasteiger partial charge in [0.2, 0.25) is 21.8 Å². The second-order valence-corrected chi connectivity index (χ2v) is 9.91. The lowest BCUT2D eigenvalue weighted by atomic mass is 9.97. The number of amides is 2. The van der Waals surface area contributed by atoms with Crippen molar-refractivity contribution in [2.75, 3.05) is 42.1 Å². The molecule has 0 aromatic carbocycles. The van der Waals surface area contributed by atoms with Crippen molar-refractivity contribution in [3.8, 4) is 0 Å². The normalized spacial score (nSPS) is 21.7. The number of piperidine rings is 2. The van der Waals surface area contributed by atoms with Crippen LogP contribution in [0.5, 0.6) is 0 Å². The first-order chi connectivity index (χ1) is 13.8. The maximum absolute atomic E-state index is 12.5. The van der Waals surface area contributed by atoms with Crippen molar-refractivity contribution in [1.29, 1.82) is 0 Å². The Bertz CT molecular complexity index is 835. The van der Waals surface area contributed by atoms with Gasteiger partial charge in [0.15, 0.2) is 0 Å². The van der Waals surface area contributed by atoms with Gasteiger partial charge in [0, 0.05) is 32.1 Å². The first-order valence-corrected chi connectivity index (χ1v) is 11.7. The average Bonchev–Trinajstić information content (AvgIpc) is 2.74. The van der Waals surface area contributed by atoms with E-state index in [1.54, 1.807) is 19.2 Å². The summed E-state index contributed by atoms with van der Waals surface area (Å²) in [5.74, 6) is 0.0750. The molecule has 1 aromatic heterocycles. The first-order valence-electron chi connectivity index (χ1n) is 10.1. The predicted octanol–water partition coefficient (Wildman–Crippen LogP) is 0.784. The van der Waals surface area contributed by atoms with Gasteiger partial charge in [-0.3, -0.25) is 9.59 Å². The second-order valence-electron chi connectivity index (χ2n) is 7.66. The van der Waals surface area contributed by atoms with E-state index in [1.165, 1.54) is 4.31 Å². The minimum atomic E-state index is -3.20. The summed E-state index contributed by atoms with van der Waals surface area (Å²) in [5.41, 5.74) is 6.03. The van der Waals surface area contributed by atoms with Crippen molar-refractivity contribution >= 4 is 33.3 Å². The number of hydrogen-bond acceptors (Lipinski definition) is 6. The van der Waals surface area contributed by atoms with E-state index < -0.39 is 10.0 Å². The molecule has 160 valence electrons. The van der Waals surface area contributed by atoms with Crippen LogP contribution in [0.1, 0.15) is 32.6 Å². The van der Waals surface area contributed by atoms with Gasteiger partial charge in [-0.1, -0.05) is 0 Å². The van der Waals surface area contributed by atoms with E-state index in [2.05, 4.69) is 10.3 Å². The third-order valence-corrected chi connectivity index (χ3v) is 7.63. The second kappa shape index (κ2) is 9.08. The minimum Gasteiger partial charge on any atom is -0.369 e. The lowest BCUT2D eigenvalue weighted by molar-refractivity contribution is -0.122. The molecule has 0 bridgehead atoms. The summed E-state index contributed by atoms with van der Waals surface area (Å²) >= 11 is 0. The molecule has 3 rings (SSSR count). The fourth-order valence-electron chi connectivity index (χ4n) is 3.89. The maximum Gasteiger partial charge on any atom is 0.227 e. The van der Waals surface area contributed by atoms with Gasteiger partial charge in [-0.25, -0.2) is 17.7 Å². The van der Waals surface area contributed by atoms with Crippen LogP contribution in [0.15, 0.2) is 18.3 Å². The van der Waals surface area contributed by atoms with Crippen LogP contribution in [0, 0.1) is 11.8 Å². The molecule has 3 heterocycles. The summed E-state index contributed by atoms with van der Waals surface area (Å²) in [4.78, 5) is 30.4. The molecule has 29 heavy (non-hydrogen) atoms. The molecule has 0 saturated carbocycles. The Balaban J connectivity index is 1.53. The summed E-state index contributed by atoms with van der Waals surface area (Å²) in [6.45, 7) is 3.76. The van der Waals surface area contributed by atoms with Gasteiger partial charge >= 0.3 is 0 Å². The molecule has 2 saturated heterocycles. The molecule has 0 aliphatic carbocycles. The maximum atomic E-state index is 12.5. The predicted molar refractivity (Wildman–Crippen MR) is 111 cm³/mol. The summed E-state index contributed by atoms with van der Waals surface area (Å²) in [6.07, 6.45) is 4.33. The molecule has 10 heteroatoms. The molecule has 9 nitrogen and oxygen atoms in total. The van der Waals surface area contributed by atoms with Crippen LogP contribution >= 0.6 is 0 Å². The van der Waals surface area contributed by atoms with E-state index in [9.17, 15) is 18.0 Å². The third kappa shape index (κ3) is 5.24. The van der Waals surface area contributed by atoms with Crippen LogP contribution < -0.4 is 16.0 Å². The summed E-state index contributed by atoms with van der Waals surface area (Å²) in [5, 5.41) is 2.87. The molecule has 2 amide bonds. The number of primary amides is 1. The highest BCUT2D eigenvalue weighted by atomic mass is 32.2. The number of carbonyl (C=O) groups excluding carboxylic acids is 2. The average molecular weight is 424 g/mol. The number of sulfonamides is 1. The highest BCUT2D eigenvalue weighted by Gasteiger charge is 2.30. The van der Waals surface area contributed by atoms with Crippen molar-refractivity contribution in [2.24, 2.45) is 17.6 Å². The number of aromatic nitrogens is 1. The zero-order chi connectivity index (χ0) is 21.0. The Morgan fingerprint density at radius 3 is 2.48 bits per heavy atom. The van der Waals surface area contributed by atoms with Gasteiger partial charge in [0.05, 0.1) is 23.6 Å². The van der Waals surface area contributed by atoms with Crippen LogP contribution in [0.25, 0.3) is 0 Å². The van der Waals surface area contributed by atoms with Crippen molar-refractivity contribution in [3.05, 3.63) is 18.3 Å². The van der Waals surface area contributed by atoms with E-state index in [1.807, 2.05) is 11.0 Å². The molecule has 1 atom stereocenters. The van der Waals surface area contributed by atoms with Gasteiger partial charge in [-0.05, 0) is 44.7 Å². The SMILES string of the molecule is CCS(=O)(=O)N1CCC(C(=O)Nc2ccc(N3CCCC(C(N)=O)C3)nc2)CC1. The largest absolute Gasteiger partial charge is 0.369 e. The number of carbonyl (C=O) groups is 2. The van der Waals surface area contributed by atoms with Crippen molar-refractivity contribution < 1.29 is 18.0 Å². The van der Waals surface area contributed by atoms with E-state index in [-0.39, 0.29) is 29.4 Å². The van der Waals surface area contributed by atoms with Gasteiger partial charge in [-0.2, -0.15) is 0 Å². The summed E-state index contributed by atoms with van der Waals surface area (Å²) in [7, 11) is -3.20. The fraction of sp³-hybridized carbons (Fsp3) is 0.632. The van der Waals surface area contributed by atoms with E-state index in [0.29, 0.717) is 38.2 Å². The molecule has 0 spiro atoms. The molecule has 0 radical (unpaired) electrons. The molecule has 2 aliphatic rings. The summed E-state index contributed by atoms with van der Waals surface area (Å²) in [6, 6.07) is 3.63. The summed E-state index contributed by atoms with van der Waals surface area (Å²) < 4.78 is 25.3. The monoisotopic (exact) mass is 423 g/mol. The number of anilines is 2. The van der Waals surface area contributed by atoms with Crippen LogP contribution in [0.3, 0.4) is 0 Å². The van der Waals surface area contributed by atoms with E-state index in [0.717, 1.165) is 25.2 Å². The smallest absolute Gasteiger partial charge is 0.227 e. The number of nitrogens with one attached hydrogen (secondary N) is 1. The van der Waals surface area contributed by atoms with Crippen LogP contribution in [-0.4, -0.2) is 61.5 Å². The molecular weight excluding hydrogens is 394 g/mol. The van der Waals surface area contributed by atoms with Crippen LogP contribution in [0.2, 0.25) is 0 Å². The van der Waals surface area contributed by atoms with Crippen molar-refractivity contribution in [1.82, 2.24) is 9.29 Å². The lowest BCUT2D eigenvalue weighted by Crippen LogP contribution is -2.42. The van der Waals surface area contributed by atoms with Gasteiger partial charge in [0.25, 0.3) is 0 Å². The zero-order valence-electron chi connectivity index (χ0n) is 16.7. The number of nitrogens with two attached hydrogens (primary N) is 1. The van der Waals surface area contributed by atoms with Gasteiger partial charge in [-0.15, -0.1) is 0 Å². The van der Waals surface area contributed by atoms with Crippen molar-refractivity contribution in [3.63, 3.8) is 0 Å². The standard InChI is InChI=1S/C19H29N5O4S/c1-2-29(27,28)24-10-7-14(8-11-24)19(26)22-16-5-6-17(21-12-16)23-9-3-4-15(13-23)18(20)25/h5-6,12,14-15H,2-4,7-11,13H2,1H3,(H2,20,25)(H,22,26). The van der Waals surface area contributed by atoms with Gasteiger partial charge < -0.3 is 16.0 Å². The van der Waals surface area contributed by atoms with Crippen molar-refractivity contribution in [2.45, 2.75) is 32.6 Å². The Kier molecular flexibility index (Phi) is 6.74. The molecule has 2 fully saturated rings. The highest BCUT2D eigenvalue weighted by Crippen LogP contribution is 2.24. The minimum absolute atomic E-state index is 0.0824. The van der Waals surface area contributed by atoms with Gasteiger partial charge in [0.1, 0.15) is 5.82 Å². The lowest BCUT2D eigenvalue weighted by Gasteiger charge is -2.32. The molecule has 1 unspecified atom stereocenters. The highest BCUT2D eigenvalue weighted by molar-refractivity contribution is 7.89. The Morgan fingerprint density at radius 2 is 1.90 bits per heavy atom. The first kappa shape index (κ1) is 21.5. The molecule has 2 aliphatic heterocycles. The van der Waals surface area contributed by atoms with Crippen LogP contribution in [0.4, 0.5) is 11.5 Å². The third-order valence-electron chi connectivity index (χ3n) is 5.75. The van der Waals surface area contributed by atoms with Crippen LogP contribution in [-0.2, 0) is 19.6 Å². The Morgan fingerprint density at radius 1 is 1.17 bits per heavy atom.